The Morgan fingerprint density at radius 2 is 2.38 bits per heavy atom. The minimum Gasteiger partial charge on any atom is -0.478 e. The molecule has 1 aromatic rings. The standard InChI is InChI=1S/C9H7NO3/c11-9(12)6-2-1-3-8-7(6)4-10-5-13-8/h1-4H,5H2,(H,11,12). The molecule has 1 aromatic carbocycles. The third-order valence-electron chi connectivity index (χ3n) is 1.81. The number of ether oxygens (including phenoxy) is 1. The van der Waals surface area contributed by atoms with E-state index in [1.807, 2.05) is 0 Å². The zero-order valence-electron chi connectivity index (χ0n) is 6.73. The molecule has 0 unspecified atom stereocenters. The summed E-state index contributed by atoms with van der Waals surface area (Å²) in [5, 5.41) is 8.82. The fourth-order valence-corrected chi connectivity index (χ4v) is 1.22. The zero-order chi connectivity index (χ0) is 9.26. The number of aliphatic imine (C=N–C) groups is 1. The largest absolute Gasteiger partial charge is 0.478 e. The van der Waals surface area contributed by atoms with Crippen LogP contribution in [-0.2, 0) is 0 Å². The van der Waals surface area contributed by atoms with Crippen molar-refractivity contribution in [1.82, 2.24) is 0 Å². The van der Waals surface area contributed by atoms with Crippen molar-refractivity contribution in [3.05, 3.63) is 29.3 Å². The lowest BCUT2D eigenvalue weighted by Crippen LogP contribution is -2.09. The Morgan fingerprint density at radius 3 is 3.15 bits per heavy atom. The van der Waals surface area contributed by atoms with Gasteiger partial charge in [0.15, 0.2) is 6.73 Å². The monoisotopic (exact) mass is 177 g/mol. The number of carbonyl (C=O) groups is 1. The van der Waals surface area contributed by atoms with E-state index in [9.17, 15) is 4.79 Å². The minimum atomic E-state index is -0.964. The summed E-state index contributed by atoms with van der Waals surface area (Å²) in [5.74, 6) is -0.385. The van der Waals surface area contributed by atoms with Crippen molar-refractivity contribution >= 4 is 12.2 Å². The van der Waals surface area contributed by atoms with Crippen molar-refractivity contribution in [3.63, 3.8) is 0 Å². The molecule has 1 aliphatic rings. The van der Waals surface area contributed by atoms with Gasteiger partial charge >= 0.3 is 5.97 Å². The van der Waals surface area contributed by atoms with Crippen molar-refractivity contribution in [1.29, 1.82) is 0 Å². The summed E-state index contributed by atoms with van der Waals surface area (Å²) in [7, 11) is 0. The lowest BCUT2D eigenvalue weighted by atomic mass is 10.1. The first-order valence-electron chi connectivity index (χ1n) is 3.78. The van der Waals surface area contributed by atoms with Gasteiger partial charge in [-0.25, -0.2) is 4.79 Å². The highest BCUT2D eigenvalue weighted by atomic mass is 16.5. The SMILES string of the molecule is O=C(O)c1cccc2c1C=NCO2. The number of aromatic carboxylic acids is 1. The maximum atomic E-state index is 10.8. The Balaban J connectivity index is 2.60. The normalized spacial score (nSPS) is 13.2. The van der Waals surface area contributed by atoms with Crippen molar-refractivity contribution in [2.24, 2.45) is 4.99 Å². The van der Waals surface area contributed by atoms with Crippen LogP contribution in [0.3, 0.4) is 0 Å². The molecule has 1 heterocycles. The van der Waals surface area contributed by atoms with Crippen LogP contribution in [0.1, 0.15) is 15.9 Å². The number of fused-ring (bicyclic) bond motifs is 1. The van der Waals surface area contributed by atoms with Gasteiger partial charge in [0.25, 0.3) is 0 Å². The second-order valence-electron chi connectivity index (χ2n) is 2.61. The molecule has 0 saturated carbocycles. The van der Waals surface area contributed by atoms with Crippen molar-refractivity contribution < 1.29 is 14.6 Å². The number of hydrogen-bond donors (Lipinski definition) is 1. The Morgan fingerprint density at radius 1 is 1.54 bits per heavy atom. The van der Waals surface area contributed by atoms with E-state index < -0.39 is 5.97 Å². The molecule has 0 spiro atoms. The molecule has 0 bridgehead atoms. The summed E-state index contributed by atoms with van der Waals surface area (Å²) < 4.78 is 5.15. The minimum absolute atomic E-state index is 0.223. The molecule has 0 radical (unpaired) electrons. The predicted octanol–water partition coefficient (Wildman–Crippen LogP) is 1.15. The first kappa shape index (κ1) is 7.79. The van der Waals surface area contributed by atoms with E-state index in [0.29, 0.717) is 11.3 Å². The van der Waals surface area contributed by atoms with Crippen LogP contribution < -0.4 is 4.74 Å². The topological polar surface area (TPSA) is 58.9 Å². The Kier molecular flexibility index (Phi) is 1.73. The molecule has 0 aromatic heterocycles. The highest BCUT2D eigenvalue weighted by Crippen LogP contribution is 2.22. The molecule has 1 aliphatic heterocycles. The number of rotatable bonds is 1. The predicted molar refractivity (Wildman–Crippen MR) is 46.5 cm³/mol. The highest BCUT2D eigenvalue weighted by molar-refractivity contribution is 6.00. The summed E-state index contributed by atoms with van der Waals surface area (Å²) in [6.45, 7) is 0.260. The summed E-state index contributed by atoms with van der Waals surface area (Å²) in [4.78, 5) is 14.6. The number of carboxylic acid groups (broad SMARTS) is 1. The Labute approximate surface area is 74.5 Å². The number of nitrogens with zero attached hydrogens (tertiary/aromatic N) is 1. The fourth-order valence-electron chi connectivity index (χ4n) is 1.22. The number of hydrogen-bond acceptors (Lipinski definition) is 3. The van der Waals surface area contributed by atoms with Gasteiger partial charge in [0.2, 0.25) is 0 Å². The van der Waals surface area contributed by atoms with Crippen LogP contribution in [0.4, 0.5) is 0 Å². The maximum Gasteiger partial charge on any atom is 0.336 e. The molecule has 0 saturated heterocycles. The van der Waals surface area contributed by atoms with Crippen LogP contribution in [0.15, 0.2) is 23.2 Å². The van der Waals surface area contributed by atoms with Gasteiger partial charge in [-0.1, -0.05) is 6.07 Å². The van der Waals surface area contributed by atoms with E-state index in [-0.39, 0.29) is 12.3 Å². The Hall–Kier alpha value is -1.84. The van der Waals surface area contributed by atoms with E-state index >= 15 is 0 Å². The zero-order valence-corrected chi connectivity index (χ0v) is 6.73. The van der Waals surface area contributed by atoms with Gasteiger partial charge in [-0.3, -0.25) is 4.99 Å². The van der Waals surface area contributed by atoms with E-state index in [2.05, 4.69) is 4.99 Å². The van der Waals surface area contributed by atoms with Gasteiger partial charge in [0, 0.05) is 11.8 Å². The molecule has 0 aliphatic carbocycles. The van der Waals surface area contributed by atoms with E-state index in [1.165, 1.54) is 12.3 Å². The molecule has 4 heteroatoms. The molecule has 13 heavy (non-hydrogen) atoms. The van der Waals surface area contributed by atoms with Crippen LogP contribution in [0.25, 0.3) is 0 Å². The van der Waals surface area contributed by atoms with Gasteiger partial charge in [-0.15, -0.1) is 0 Å². The van der Waals surface area contributed by atoms with Gasteiger partial charge in [-0.2, -0.15) is 0 Å². The van der Waals surface area contributed by atoms with Gasteiger partial charge in [0.1, 0.15) is 5.75 Å². The van der Waals surface area contributed by atoms with Gasteiger partial charge in [0.05, 0.1) is 5.56 Å². The summed E-state index contributed by atoms with van der Waals surface area (Å²) >= 11 is 0. The van der Waals surface area contributed by atoms with Crippen LogP contribution in [0, 0.1) is 0 Å². The molecule has 1 N–H and O–H groups in total. The van der Waals surface area contributed by atoms with Crippen molar-refractivity contribution in [3.8, 4) is 5.75 Å². The highest BCUT2D eigenvalue weighted by Gasteiger charge is 2.14. The van der Waals surface area contributed by atoms with Crippen molar-refractivity contribution in [2.45, 2.75) is 0 Å². The molecule has 2 rings (SSSR count). The van der Waals surface area contributed by atoms with Crippen molar-refractivity contribution in [2.75, 3.05) is 6.73 Å². The quantitative estimate of drug-likeness (QED) is 0.700. The third kappa shape index (κ3) is 1.26. The molecule has 0 atom stereocenters. The maximum absolute atomic E-state index is 10.8. The van der Waals surface area contributed by atoms with Crippen LogP contribution in [0.5, 0.6) is 5.75 Å². The lowest BCUT2D eigenvalue weighted by molar-refractivity contribution is 0.0696. The average molecular weight is 177 g/mol. The third-order valence-corrected chi connectivity index (χ3v) is 1.81. The van der Waals surface area contributed by atoms with Crippen LogP contribution in [0.2, 0.25) is 0 Å². The van der Waals surface area contributed by atoms with Crippen LogP contribution >= 0.6 is 0 Å². The van der Waals surface area contributed by atoms with Crippen LogP contribution in [-0.4, -0.2) is 24.0 Å². The number of benzene rings is 1. The molecular weight excluding hydrogens is 170 g/mol. The molecule has 66 valence electrons. The molecule has 4 nitrogen and oxygen atoms in total. The summed E-state index contributed by atoms with van der Waals surface area (Å²) in [6.07, 6.45) is 1.53. The van der Waals surface area contributed by atoms with E-state index in [4.69, 9.17) is 9.84 Å². The summed E-state index contributed by atoms with van der Waals surface area (Å²) in [6, 6.07) is 4.91. The number of carboxylic acids is 1. The smallest absolute Gasteiger partial charge is 0.336 e. The molecule has 0 fully saturated rings. The first-order valence-corrected chi connectivity index (χ1v) is 3.78. The lowest BCUT2D eigenvalue weighted by Gasteiger charge is -2.12. The first-order chi connectivity index (χ1) is 6.29. The molecular formula is C9H7NO3. The van der Waals surface area contributed by atoms with E-state index in [1.54, 1.807) is 12.1 Å². The van der Waals surface area contributed by atoms with E-state index in [0.717, 1.165) is 0 Å². The second kappa shape index (κ2) is 2.90. The fraction of sp³-hybridized carbons (Fsp3) is 0.111. The van der Waals surface area contributed by atoms with Gasteiger partial charge < -0.3 is 9.84 Å². The summed E-state index contributed by atoms with van der Waals surface area (Å²) in [5.41, 5.74) is 0.766. The molecule has 0 amide bonds. The second-order valence-corrected chi connectivity index (χ2v) is 2.61. The van der Waals surface area contributed by atoms with Gasteiger partial charge in [-0.05, 0) is 12.1 Å². The Bertz CT molecular complexity index is 384. The average Bonchev–Trinajstić information content (AvgIpc) is 2.17.